The molecule has 0 atom stereocenters. The third-order valence-corrected chi connectivity index (χ3v) is 5.36. The molecule has 0 bridgehead atoms. The summed E-state index contributed by atoms with van der Waals surface area (Å²) in [6.45, 7) is 5.20. The number of aliphatic imine (C=N–C) groups is 1. The van der Waals surface area contributed by atoms with Crippen LogP contribution in [0.2, 0.25) is 0 Å². The lowest BCUT2D eigenvalue weighted by atomic mass is 9.88. The maximum atomic E-state index is 12.4. The van der Waals surface area contributed by atoms with Crippen molar-refractivity contribution in [1.82, 2.24) is 4.31 Å². The molecule has 0 amide bonds. The summed E-state index contributed by atoms with van der Waals surface area (Å²) in [4.78, 5) is 4.48. The third-order valence-electron chi connectivity index (χ3n) is 3.56. The van der Waals surface area contributed by atoms with Gasteiger partial charge in [0.1, 0.15) is 11.2 Å². The maximum Gasteiger partial charge on any atom is 0.267 e. The fraction of sp³-hybridized carbons (Fsp3) is 0.500. The van der Waals surface area contributed by atoms with Crippen LogP contribution in [0.15, 0.2) is 34.2 Å². The van der Waals surface area contributed by atoms with Crippen LogP contribution >= 0.6 is 0 Å². The molecular weight excluding hydrogens is 274 g/mol. The van der Waals surface area contributed by atoms with Gasteiger partial charge in [0, 0.05) is 6.54 Å². The summed E-state index contributed by atoms with van der Waals surface area (Å²) < 4.78 is 26.2. The van der Waals surface area contributed by atoms with Crippen LogP contribution in [-0.2, 0) is 10.0 Å². The SMILES string of the molecule is CC(C)(CN)CCCN1C=Nc2ccccc2S1(=O)=O. The Morgan fingerprint density at radius 3 is 2.70 bits per heavy atom. The Balaban J connectivity index is 2.09. The number of nitrogens with zero attached hydrogens (tertiary/aromatic N) is 2. The summed E-state index contributed by atoms with van der Waals surface area (Å²) in [6.07, 6.45) is 3.05. The van der Waals surface area contributed by atoms with E-state index in [1.165, 1.54) is 10.6 Å². The highest BCUT2D eigenvalue weighted by Crippen LogP contribution is 2.30. The lowest BCUT2D eigenvalue weighted by molar-refractivity contribution is 0.328. The molecular formula is C14H21N3O2S. The topological polar surface area (TPSA) is 75.8 Å². The van der Waals surface area contributed by atoms with Gasteiger partial charge in [-0.1, -0.05) is 26.0 Å². The second-order valence-corrected chi connectivity index (χ2v) is 7.66. The number of benzene rings is 1. The number of nitrogens with two attached hydrogens (primary N) is 1. The van der Waals surface area contributed by atoms with Gasteiger partial charge in [-0.05, 0) is 36.9 Å². The quantitative estimate of drug-likeness (QED) is 0.904. The molecule has 1 aliphatic heterocycles. The van der Waals surface area contributed by atoms with E-state index in [-0.39, 0.29) is 10.3 Å². The molecule has 1 aromatic carbocycles. The molecule has 0 radical (unpaired) electrons. The van der Waals surface area contributed by atoms with E-state index in [4.69, 9.17) is 5.73 Å². The highest BCUT2D eigenvalue weighted by molar-refractivity contribution is 7.89. The first kappa shape index (κ1) is 15.0. The van der Waals surface area contributed by atoms with Gasteiger partial charge in [0.15, 0.2) is 0 Å². The molecule has 2 rings (SSSR count). The molecule has 0 fully saturated rings. The number of para-hydroxylation sites is 1. The first-order chi connectivity index (χ1) is 9.37. The predicted molar refractivity (Wildman–Crippen MR) is 80.6 cm³/mol. The largest absolute Gasteiger partial charge is 0.330 e. The predicted octanol–water partition coefficient (Wildman–Crippen LogP) is 2.12. The van der Waals surface area contributed by atoms with Crippen molar-refractivity contribution in [3.63, 3.8) is 0 Å². The average Bonchev–Trinajstić information content (AvgIpc) is 2.41. The third kappa shape index (κ3) is 3.02. The molecule has 1 aliphatic rings. The van der Waals surface area contributed by atoms with Crippen molar-refractivity contribution >= 4 is 22.0 Å². The first-order valence-electron chi connectivity index (χ1n) is 6.72. The van der Waals surface area contributed by atoms with Crippen LogP contribution in [0.1, 0.15) is 26.7 Å². The molecule has 5 nitrogen and oxygen atoms in total. The van der Waals surface area contributed by atoms with Crippen LogP contribution in [0, 0.1) is 5.41 Å². The van der Waals surface area contributed by atoms with Gasteiger partial charge in [-0.3, -0.25) is 4.31 Å². The molecule has 0 aliphatic carbocycles. The lowest BCUT2D eigenvalue weighted by Gasteiger charge is -2.26. The number of rotatable bonds is 5. The molecule has 0 unspecified atom stereocenters. The van der Waals surface area contributed by atoms with Crippen molar-refractivity contribution in [3.05, 3.63) is 24.3 Å². The Hall–Kier alpha value is -1.40. The summed E-state index contributed by atoms with van der Waals surface area (Å²) in [5.74, 6) is 0. The molecule has 0 spiro atoms. The number of sulfonamides is 1. The Morgan fingerprint density at radius 2 is 2.00 bits per heavy atom. The van der Waals surface area contributed by atoms with Gasteiger partial charge in [-0.2, -0.15) is 0 Å². The van der Waals surface area contributed by atoms with Gasteiger partial charge in [0.25, 0.3) is 10.0 Å². The van der Waals surface area contributed by atoms with E-state index < -0.39 is 10.0 Å². The van der Waals surface area contributed by atoms with Crippen molar-refractivity contribution in [1.29, 1.82) is 0 Å². The standard InChI is InChI=1S/C14H21N3O2S/c1-14(2,10-15)8-5-9-17-11-16-12-6-3-4-7-13(12)20(17,18)19/h3-4,6-7,11H,5,8-10,15H2,1-2H3. The minimum atomic E-state index is -3.45. The Labute approximate surface area is 120 Å². The van der Waals surface area contributed by atoms with E-state index in [1.807, 2.05) is 0 Å². The van der Waals surface area contributed by atoms with E-state index in [0.717, 1.165) is 12.8 Å². The van der Waals surface area contributed by atoms with Crippen LogP contribution in [0.3, 0.4) is 0 Å². The first-order valence-corrected chi connectivity index (χ1v) is 8.16. The van der Waals surface area contributed by atoms with E-state index in [1.54, 1.807) is 24.3 Å². The molecule has 0 saturated heterocycles. The van der Waals surface area contributed by atoms with E-state index in [2.05, 4.69) is 18.8 Å². The van der Waals surface area contributed by atoms with E-state index in [9.17, 15) is 8.42 Å². The highest BCUT2D eigenvalue weighted by Gasteiger charge is 2.28. The molecule has 2 N–H and O–H groups in total. The van der Waals surface area contributed by atoms with Crippen molar-refractivity contribution in [3.8, 4) is 0 Å². The summed E-state index contributed by atoms with van der Waals surface area (Å²) in [5, 5.41) is 0. The minimum Gasteiger partial charge on any atom is -0.330 e. The van der Waals surface area contributed by atoms with Crippen LogP contribution in [0.4, 0.5) is 5.69 Å². The Morgan fingerprint density at radius 1 is 1.30 bits per heavy atom. The number of hydrogen-bond acceptors (Lipinski definition) is 4. The van der Waals surface area contributed by atoms with Gasteiger partial charge >= 0.3 is 0 Å². The van der Waals surface area contributed by atoms with E-state index in [0.29, 0.717) is 18.8 Å². The molecule has 110 valence electrons. The Kier molecular flexibility index (Phi) is 4.15. The monoisotopic (exact) mass is 295 g/mol. The van der Waals surface area contributed by atoms with Crippen LogP contribution in [-0.4, -0.2) is 32.2 Å². The van der Waals surface area contributed by atoms with Gasteiger partial charge < -0.3 is 5.73 Å². The molecule has 1 heterocycles. The van der Waals surface area contributed by atoms with Crippen molar-refractivity contribution < 1.29 is 8.42 Å². The van der Waals surface area contributed by atoms with Crippen LogP contribution < -0.4 is 5.73 Å². The fourth-order valence-electron chi connectivity index (χ4n) is 2.09. The summed E-state index contributed by atoms with van der Waals surface area (Å²) in [7, 11) is -3.45. The summed E-state index contributed by atoms with van der Waals surface area (Å²) in [6, 6.07) is 6.80. The zero-order valence-electron chi connectivity index (χ0n) is 11.9. The lowest BCUT2D eigenvalue weighted by Crippen LogP contribution is -2.34. The van der Waals surface area contributed by atoms with Crippen molar-refractivity contribution in [2.45, 2.75) is 31.6 Å². The van der Waals surface area contributed by atoms with Crippen molar-refractivity contribution in [2.75, 3.05) is 13.1 Å². The van der Waals surface area contributed by atoms with Crippen LogP contribution in [0.5, 0.6) is 0 Å². The van der Waals surface area contributed by atoms with Crippen molar-refractivity contribution in [2.24, 2.45) is 16.1 Å². The molecule has 0 saturated carbocycles. The van der Waals surface area contributed by atoms with Gasteiger partial charge in [0.05, 0.1) is 5.69 Å². The second-order valence-electron chi connectivity index (χ2n) is 5.80. The van der Waals surface area contributed by atoms with Gasteiger partial charge in [0.2, 0.25) is 0 Å². The second kappa shape index (κ2) is 5.54. The zero-order valence-corrected chi connectivity index (χ0v) is 12.7. The molecule has 20 heavy (non-hydrogen) atoms. The van der Waals surface area contributed by atoms with Gasteiger partial charge in [-0.25, -0.2) is 13.4 Å². The summed E-state index contributed by atoms with van der Waals surface area (Å²) in [5.41, 5.74) is 6.23. The zero-order chi connectivity index (χ0) is 14.8. The smallest absolute Gasteiger partial charge is 0.267 e. The maximum absolute atomic E-state index is 12.4. The van der Waals surface area contributed by atoms with Crippen LogP contribution in [0.25, 0.3) is 0 Å². The highest BCUT2D eigenvalue weighted by atomic mass is 32.2. The van der Waals surface area contributed by atoms with Gasteiger partial charge in [-0.15, -0.1) is 0 Å². The van der Waals surface area contributed by atoms with E-state index >= 15 is 0 Å². The molecule has 6 heteroatoms. The number of hydrogen-bond donors (Lipinski definition) is 1. The average molecular weight is 295 g/mol. The summed E-state index contributed by atoms with van der Waals surface area (Å²) >= 11 is 0. The minimum absolute atomic E-state index is 0.0363. The Bertz CT molecular complexity index is 609. The molecule has 1 aromatic rings. The normalized spacial score (nSPS) is 17.1. The fourth-order valence-corrected chi connectivity index (χ4v) is 3.52. The molecule has 0 aromatic heterocycles. The number of fused-ring (bicyclic) bond motifs is 1.